The number of piperidine rings is 2. The summed E-state index contributed by atoms with van der Waals surface area (Å²) in [4.78, 5) is 29.9. The summed E-state index contributed by atoms with van der Waals surface area (Å²) < 4.78 is 46.8. The van der Waals surface area contributed by atoms with Gasteiger partial charge in [-0.15, -0.1) is 0 Å². The maximum atomic E-state index is 13.6. The molecular formula is C27H30ClF3N2O3. The molecule has 0 radical (unpaired) electrons. The Hall–Kier alpha value is -2.74. The highest BCUT2D eigenvalue weighted by molar-refractivity contribution is 6.30. The molecule has 0 N–H and O–H groups in total. The van der Waals surface area contributed by atoms with E-state index in [-0.39, 0.29) is 31.0 Å². The van der Waals surface area contributed by atoms with Gasteiger partial charge in [0.1, 0.15) is 5.75 Å². The van der Waals surface area contributed by atoms with E-state index >= 15 is 0 Å². The number of alkyl halides is 3. The van der Waals surface area contributed by atoms with Gasteiger partial charge in [-0.3, -0.25) is 9.59 Å². The van der Waals surface area contributed by atoms with Crippen molar-refractivity contribution in [1.29, 1.82) is 0 Å². The lowest BCUT2D eigenvalue weighted by Crippen LogP contribution is -2.51. The molecule has 4 rings (SSSR count). The quantitative estimate of drug-likeness (QED) is 0.463. The van der Waals surface area contributed by atoms with Crippen LogP contribution in [0, 0.1) is 5.41 Å². The molecule has 2 amide bonds. The normalized spacial score (nSPS) is 20.8. The van der Waals surface area contributed by atoms with Gasteiger partial charge in [0.05, 0.1) is 17.7 Å². The van der Waals surface area contributed by atoms with E-state index < -0.39 is 23.1 Å². The van der Waals surface area contributed by atoms with Crippen molar-refractivity contribution in [2.75, 3.05) is 32.8 Å². The van der Waals surface area contributed by atoms with E-state index in [1.54, 1.807) is 24.3 Å². The van der Waals surface area contributed by atoms with E-state index in [1.165, 1.54) is 23.1 Å². The van der Waals surface area contributed by atoms with Crippen molar-refractivity contribution in [1.82, 2.24) is 9.80 Å². The zero-order valence-corrected chi connectivity index (χ0v) is 20.8. The fourth-order valence-corrected chi connectivity index (χ4v) is 5.25. The first-order chi connectivity index (χ1) is 17.2. The van der Waals surface area contributed by atoms with Gasteiger partial charge in [-0.1, -0.05) is 23.7 Å². The van der Waals surface area contributed by atoms with Crippen molar-refractivity contribution < 1.29 is 27.5 Å². The summed E-state index contributed by atoms with van der Waals surface area (Å²) in [6.07, 6.45) is -0.262. The predicted octanol–water partition coefficient (Wildman–Crippen LogP) is 6.06. The number of carbonyl (C=O) groups is 2. The molecular weight excluding hydrogens is 493 g/mol. The molecule has 36 heavy (non-hydrogen) atoms. The Bertz CT molecular complexity index is 1070. The van der Waals surface area contributed by atoms with Gasteiger partial charge in [0.2, 0.25) is 5.91 Å². The van der Waals surface area contributed by atoms with Crippen LogP contribution in [0.3, 0.4) is 0 Å². The summed E-state index contributed by atoms with van der Waals surface area (Å²) in [5.41, 5.74) is -2.04. The molecule has 0 unspecified atom stereocenters. The smallest absolute Gasteiger partial charge is 0.417 e. The molecule has 194 valence electrons. The third-order valence-electron chi connectivity index (χ3n) is 7.01. The second-order valence-electron chi connectivity index (χ2n) is 9.73. The number of ether oxygens (including phenoxy) is 1. The van der Waals surface area contributed by atoms with Crippen LogP contribution in [0.1, 0.15) is 54.4 Å². The summed E-state index contributed by atoms with van der Waals surface area (Å²) in [5, 5.41) is 0.565. The maximum Gasteiger partial charge on any atom is 0.417 e. The Labute approximate surface area is 214 Å². The standard InChI is InChI=1S/C27H30ClF3N2O3/c28-20-9-11-21(12-10-20)36-19-26(17-24(34)32-14-4-1-5-15-32)13-6-16-33(18-26)25(35)22-7-2-3-8-23(22)27(29,30)31/h2-3,7-12H,1,4-6,13-19H2/t26-/m0/s1. The minimum absolute atomic E-state index is 0.000559. The van der Waals surface area contributed by atoms with Gasteiger partial charge in [-0.2, -0.15) is 13.2 Å². The van der Waals surface area contributed by atoms with Crippen LogP contribution >= 0.6 is 11.6 Å². The second-order valence-corrected chi connectivity index (χ2v) is 10.2. The van der Waals surface area contributed by atoms with Gasteiger partial charge >= 0.3 is 6.18 Å². The first-order valence-corrected chi connectivity index (χ1v) is 12.7. The minimum atomic E-state index is -4.64. The molecule has 2 aliphatic rings. The van der Waals surface area contributed by atoms with Crippen LogP contribution in [0.2, 0.25) is 5.02 Å². The maximum absolute atomic E-state index is 13.6. The summed E-state index contributed by atoms with van der Waals surface area (Å²) in [5.74, 6) is -0.0987. The lowest BCUT2D eigenvalue weighted by atomic mass is 9.77. The van der Waals surface area contributed by atoms with Crippen LogP contribution in [0.25, 0.3) is 0 Å². The van der Waals surface area contributed by atoms with Crippen LogP contribution in [-0.4, -0.2) is 54.4 Å². The summed E-state index contributed by atoms with van der Waals surface area (Å²) >= 11 is 5.97. The second kappa shape index (κ2) is 11.1. The predicted molar refractivity (Wildman–Crippen MR) is 131 cm³/mol. The zero-order valence-electron chi connectivity index (χ0n) is 20.0. The van der Waals surface area contributed by atoms with Gasteiger partial charge in [0.25, 0.3) is 5.91 Å². The molecule has 2 fully saturated rings. The van der Waals surface area contributed by atoms with E-state index in [0.29, 0.717) is 43.2 Å². The molecule has 5 nitrogen and oxygen atoms in total. The van der Waals surface area contributed by atoms with E-state index in [4.69, 9.17) is 16.3 Å². The fraction of sp³-hybridized carbons (Fsp3) is 0.481. The number of hydrogen-bond donors (Lipinski definition) is 0. The van der Waals surface area contributed by atoms with E-state index in [9.17, 15) is 22.8 Å². The minimum Gasteiger partial charge on any atom is -0.493 e. The van der Waals surface area contributed by atoms with Crippen molar-refractivity contribution >= 4 is 23.4 Å². The zero-order chi connectivity index (χ0) is 25.8. The Balaban J connectivity index is 1.57. The largest absolute Gasteiger partial charge is 0.493 e. The van der Waals surface area contributed by atoms with Crippen LogP contribution in [0.15, 0.2) is 48.5 Å². The third kappa shape index (κ3) is 6.33. The molecule has 0 aromatic heterocycles. The SMILES string of the molecule is O=C(C[C@@]1(COc2ccc(Cl)cc2)CCCN(C(=O)c2ccccc2C(F)(F)F)C1)N1CCCCC1. The first-order valence-electron chi connectivity index (χ1n) is 12.3. The van der Waals surface area contributed by atoms with Crippen molar-refractivity contribution in [3.63, 3.8) is 0 Å². The monoisotopic (exact) mass is 522 g/mol. The van der Waals surface area contributed by atoms with Gasteiger partial charge in [0.15, 0.2) is 0 Å². The highest BCUT2D eigenvalue weighted by atomic mass is 35.5. The lowest BCUT2D eigenvalue weighted by Gasteiger charge is -2.43. The van der Waals surface area contributed by atoms with Crippen LogP contribution in [0.5, 0.6) is 5.75 Å². The van der Waals surface area contributed by atoms with Crippen molar-refractivity contribution in [3.8, 4) is 5.75 Å². The fourth-order valence-electron chi connectivity index (χ4n) is 5.12. The van der Waals surface area contributed by atoms with Crippen LogP contribution in [-0.2, 0) is 11.0 Å². The summed E-state index contributed by atoms with van der Waals surface area (Å²) in [6, 6.07) is 11.7. The average Bonchev–Trinajstić information content (AvgIpc) is 2.88. The molecule has 0 aliphatic carbocycles. The number of amides is 2. The molecule has 0 bridgehead atoms. The molecule has 9 heteroatoms. The number of benzene rings is 2. The Kier molecular flexibility index (Phi) is 8.13. The lowest BCUT2D eigenvalue weighted by molar-refractivity contribution is -0.138. The molecule has 0 saturated carbocycles. The van der Waals surface area contributed by atoms with Crippen LogP contribution in [0.4, 0.5) is 13.2 Å². The third-order valence-corrected chi connectivity index (χ3v) is 7.26. The number of likely N-dealkylation sites (tertiary alicyclic amines) is 2. The molecule has 2 saturated heterocycles. The van der Waals surface area contributed by atoms with E-state index in [0.717, 1.165) is 25.3 Å². The number of nitrogens with zero attached hydrogens (tertiary/aromatic N) is 2. The molecule has 0 spiro atoms. The van der Waals surface area contributed by atoms with E-state index in [2.05, 4.69) is 0 Å². The number of rotatable bonds is 6. The number of halogens is 4. The molecule has 2 aliphatic heterocycles. The first kappa shape index (κ1) is 26.3. The Morgan fingerprint density at radius 1 is 0.917 bits per heavy atom. The van der Waals surface area contributed by atoms with Crippen LogP contribution < -0.4 is 4.74 Å². The highest BCUT2D eigenvalue weighted by Crippen LogP contribution is 2.38. The average molecular weight is 523 g/mol. The van der Waals surface area contributed by atoms with Gasteiger partial charge in [-0.25, -0.2) is 0 Å². The topological polar surface area (TPSA) is 49.9 Å². The van der Waals surface area contributed by atoms with Gasteiger partial charge in [0, 0.05) is 43.0 Å². The summed E-state index contributed by atoms with van der Waals surface area (Å²) in [6.45, 7) is 2.04. The molecule has 2 heterocycles. The number of carbonyl (C=O) groups excluding carboxylic acids is 2. The van der Waals surface area contributed by atoms with Crippen molar-refractivity contribution in [2.45, 2.75) is 44.7 Å². The van der Waals surface area contributed by atoms with Crippen molar-refractivity contribution in [2.24, 2.45) is 5.41 Å². The molecule has 1 atom stereocenters. The van der Waals surface area contributed by atoms with E-state index in [1.807, 2.05) is 4.90 Å². The molecule has 2 aromatic rings. The molecule has 2 aromatic carbocycles. The Morgan fingerprint density at radius 2 is 1.58 bits per heavy atom. The number of hydrogen-bond acceptors (Lipinski definition) is 3. The highest BCUT2D eigenvalue weighted by Gasteiger charge is 2.43. The van der Waals surface area contributed by atoms with Crippen molar-refractivity contribution in [3.05, 3.63) is 64.7 Å². The van der Waals surface area contributed by atoms with Gasteiger partial charge in [-0.05, 0) is 68.5 Å². The summed E-state index contributed by atoms with van der Waals surface area (Å²) in [7, 11) is 0. The van der Waals surface area contributed by atoms with Gasteiger partial charge < -0.3 is 14.5 Å². The Morgan fingerprint density at radius 3 is 2.28 bits per heavy atom.